The molecule has 2 unspecified atom stereocenters. The molecule has 5 rings (SSSR count). The zero-order valence-corrected chi connectivity index (χ0v) is 20.5. The maximum Gasteiger partial charge on any atom is 0.416 e. The molecule has 1 N–H and O–H groups in total. The molecule has 3 aromatic rings. The molecular formula is C23H24ClF3N6O3. The highest BCUT2D eigenvalue weighted by atomic mass is 35.5. The molecule has 0 spiro atoms. The zero-order chi connectivity index (χ0) is 26.0. The van der Waals surface area contributed by atoms with Gasteiger partial charge in [0.2, 0.25) is 5.95 Å². The summed E-state index contributed by atoms with van der Waals surface area (Å²) >= 11 is 6.08. The normalized spacial score (nSPS) is 20.3. The molecular weight excluding hydrogens is 501 g/mol. The summed E-state index contributed by atoms with van der Waals surface area (Å²) in [6.07, 6.45) is -3.47. The van der Waals surface area contributed by atoms with E-state index in [2.05, 4.69) is 15.1 Å². The first-order valence-electron chi connectivity index (χ1n) is 11.4. The van der Waals surface area contributed by atoms with Gasteiger partial charge in [-0.25, -0.2) is 9.48 Å². The largest absolute Gasteiger partial charge is 0.444 e. The first-order chi connectivity index (χ1) is 16.8. The predicted octanol–water partition coefficient (Wildman–Crippen LogP) is 4.08. The second-order valence-corrected chi connectivity index (χ2v) is 10.6. The fourth-order valence-electron chi connectivity index (χ4n) is 4.69. The molecule has 13 heteroatoms. The highest BCUT2D eigenvalue weighted by Crippen LogP contribution is 2.35. The number of fused-ring (bicyclic) bond motifs is 2. The van der Waals surface area contributed by atoms with Gasteiger partial charge >= 0.3 is 12.3 Å². The van der Waals surface area contributed by atoms with Crippen molar-refractivity contribution < 1.29 is 22.7 Å². The van der Waals surface area contributed by atoms with Crippen LogP contribution in [0.4, 0.5) is 23.9 Å². The van der Waals surface area contributed by atoms with Crippen molar-refractivity contribution in [3.8, 4) is 5.69 Å². The number of halogens is 4. The van der Waals surface area contributed by atoms with Gasteiger partial charge in [-0.15, -0.1) is 5.10 Å². The lowest BCUT2D eigenvalue weighted by Crippen LogP contribution is -2.38. The molecule has 1 amide bonds. The van der Waals surface area contributed by atoms with Crippen molar-refractivity contribution in [2.75, 3.05) is 31.1 Å². The van der Waals surface area contributed by atoms with Gasteiger partial charge in [0, 0.05) is 44.2 Å². The average Bonchev–Trinajstić information content (AvgIpc) is 3.44. The van der Waals surface area contributed by atoms with Crippen LogP contribution >= 0.6 is 11.6 Å². The Kier molecular flexibility index (Phi) is 5.69. The smallest absolute Gasteiger partial charge is 0.416 e. The van der Waals surface area contributed by atoms with Crippen molar-refractivity contribution in [2.24, 2.45) is 11.8 Å². The third-order valence-electron chi connectivity index (χ3n) is 6.34. The van der Waals surface area contributed by atoms with E-state index in [0.29, 0.717) is 32.1 Å². The third kappa shape index (κ3) is 4.61. The van der Waals surface area contributed by atoms with E-state index in [1.54, 1.807) is 4.90 Å². The van der Waals surface area contributed by atoms with Crippen LogP contribution in [0.5, 0.6) is 0 Å². The Balaban J connectivity index is 1.35. The van der Waals surface area contributed by atoms with Crippen molar-refractivity contribution in [1.82, 2.24) is 24.6 Å². The minimum atomic E-state index is -4.53. The number of benzene rings is 1. The topological polar surface area (TPSA) is 96.3 Å². The maximum absolute atomic E-state index is 13.0. The number of anilines is 1. The maximum atomic E-state index is 13.0. The summed E-state index contributed by atoms with van der Waals surface area (Å²) in [7, 11) is 0. The average molecular weight is 525 g/mol. The van der Waals surface area contributed by atoms with E-state index in [0.717, 1.165) is 12.1 Å². The van der Waals surface area contributed by atoms with E-state index in [4.69, 9.17) is 16.3 Å². The first kappa shape index (κ1) is 24.4. The van der Waals surface area contributed by atoms with Crippen molar-refractivity contribution >= 4 is 34.7 Å². The molecule has 36 heavy (non-hydrogen) atoms. The molecule has 0 radical (unpaired) electrons. The Morgan fingerprint density at radius 1 is 1.14 bits per heavy atom. The van der Waals surface area contributed by atoms with E-state index in [1.165, 1.54) is 16.9 Å². The molecule has 4 heterocycles. The lowest BCUT2D eigenvalue weighted by Gasteiger charge is -2.26. The second kappa shape index (κ2) is 8.39. The fourth-order valence-corrected chi connectivity index (χ4v) is 4.96. The van der Waals surface area contributed by atoms with Crippen molar-refractivity contribution in [3.63, 3.8) is 0 Å². The van der Waals surface area contributed by atoms with Crippen molar-refractivity contribution in [3.05, 3.63) is 45.3 Å². The third-order valence-corrected chi connectivity index (χ3v) is 6.64. The summed E-state index contributed by atoms with van der Waals surface area (Å²) in [5.74, 6) is 0.776. The lowest BCUT2D eigenvalue weighted by molar-refractivity contribution is -0.137. The molecule has 2 saturated heterocycles. The number of aromatic nitrogens is 4. The van der Waals surface area contributed by atoms with E-state index in [-0.39, 0.29) is 39.7 Å². The van der Waals surface area contributed by atoms with E-state index in [9.17, 15) is 22.8 Å². The Labute approximate surface area is 208 Å². The van der Waals surface area contributed by atoms with Crippen LogP contribution in [0.2, 0.25) is 5.02 Å². The molecule has 2 aliphatic rings. The summed E-state index contributed by atoms with van der Waals surface area (Å²) in [5, 5.41) is 4.32. The van der Waals surface area contributed by atoms with E-state index < -0.39 is 22.9 Å². The number of hydrogen-bond donors (Lipinski definition) is 1. The van der Waals surface area contributed by atoms with Gasteiger partial charge in [0.25, 0.3) is 5.56 Å². The molecule has 0 saturated carbocycles. The quantitative estimate of drug-likeness (QED) is 0.542. The summed E-state index contributed by atoms with van der Waals surface area (Å²) in [4.78, 5) is 36.1. The van der Waals surface area contributed by atoms with E-state index >= 15 is 0 Å². The highest BCUT2D eigenvalue weighted by Gasteiger charge is 2.43. The van der Waals surface area contributed by atoms with Crippen LogP contribution in [0.15, 0.2) is 29.2 Å². The van der Waals surface area contributed by atoms with Crippen LogP contribution in [0.25, 0.3) is 16.7 Å². The Morgan fingerprint density at radius 3 is 2.39 bits per heavy atom. The van der Waals surface area contributed by atoms with Gasteiger partial charge in [-0.05, 0) is 39.0 Å². The first-order valence-corrected chi connectivity index (χ1v) is 11.8. The number of carbonyl (C=O) groups excluding carboxylic acids is 1. The SMILES string of the molecule is CC(C)(C)OC(=O)N1CC2CN(c3nc4nn(-c5ccc(C(F)(F)F)cc5Cl)cc4c(=O)[nH]3)CC2C1. The van der Waals surface area contributed by atoms with Gasteiger partial charge in [0.1, 0.15) is 11.0 Å². The fraction of sp³-hybridized carbons (Fsp3) is 0.478. The number of H-pyrrole nitrogens is 1. The molecule has 2 atom stereocenters. The minimum absolute atomic E-state index is 0.150. The number of carbonyl (C=O) groups is 1. The monoisotopic (exact) mass is 524 g/mol. The van der Waals surface area contributed by atoms with E-state index in [1.807, 2.05) is 25.7 Å². The summed E-state index contributed by atoms with van der Waals surface area (Å²) in [6, 6.07) is 2.92. The number of hydrogen-bond acceptors (Lipinski definition) is 6. The van der Waals surface area contributed by atoms with Gasteiger partial charge < -0.3 is 14.5 Å². The molecule has 2 aliphatic heterocycles. The van der Waals surface area contributed by atoms with Crippen LogP contribution in [0.1, 0.15) is 26.3 Å². The van der Waals surface area contributed by atoms with Crippen LogP contribution in [-0.2, 0) is 10.9 Å². The zero-order valence-electron chi connectivity index (χ0n) is 19.8. The van der Waals surface area contributed by atoms with Crippen molar-refractivity contribution in [1.29, 1.82) is 0 Å². The van der Waals surface area contributed by atoms with Crippen LogP contribution < -0.4 is 10.5 Å². The number of alkyl halides is 3. The molecule has 2 aromatic heterocycles. The highest BCUT2D eigenvalue weighted by molar-refractivity contribution is 6.32. The minimum Gasteiger partial charge on any atom is -0.444 e. The Hall–Kier alpha value is -3.28. The molecule has 0 bridgehead atoms. The standard InChI is InChI=1S/C23H24ClF3N6O3/c1-22(2,3)36-21(35)32-9-12-7-31(8-13(12)10-32)20-28-18-15(19(34)29-20)11-33(30-18)17-5-4-14(6-16(17)24)23(25,26)27/h4-6,11-13H,7-10H2,1-3H3,(H,28,29,30,34). The Bertz CT molecular complexity index is 1380. The summed E-state index contributed by atoms with van der Waals surface area (Å²) < 4.78 is 45.6. The number of aromatic amines is 1. The number of nitrogens with one attached hydrogen (secondary N) is 1. The summed E-state index contributed by atoms with van der Waals surface area (Å²) in [5.41, 5.74) is -1.51. The number of amides is 1. The van der Waals surface area contributed by atoms with Gasteiger partial charge in [0.05, 0.1) is 16.3 Å². The molecule has 0 aliphatic carbocycles. The van der Waals surface area contributed by atoms with Gasteiger partial charge in [0.15, 0.2) is 5.65 Å². The number of rotatable bonds is 2. The molecule has 2 fully saturated rings. The van der Waals surface area contributed by atoms with Gasteiger partial charge in [-0.1, -0.05) is 11.6 Å². The van der Waals surface area contributed by atoms with Crippen LogP contribution in [0, 0.1) is 11.8 Å². The van der Waals surface area contributed by atoms with Crippen molar-refractivity contribution in [2.45, 2.75) is 32.5 Å². The Morgan fingerprint density at radius 2 is 1.81 bits per heavy atom. The number of nitrogens with zero attached hydrogens (tertiary/aromatic N) is 5. The second-order valence-electron chi connectivity index (χ2n) is 10.2. The van der Waals surface area contributed by atoms with Gasteiger partial charge in [-0.3, -0.25) is 9.78 Å². The molecule has 1 aromatic carbocycles. The molecule has 9 nitrogen and oxygen atoms in total. The predicted molar refractivity (Wildman–Crippen MR) is 126 cm³/mol. The lowest BCUT2D eigenvalue weighted by atomic mass is 10.0. The van der Waals surface area contributed by atoms with Crippen LogP contribution in [0.3, 0.4) is 0 Å². The summed E-state index contributed by atoms with van der Waals surface area (Å²) in [6.45, 7) is 7.80. The van der Waals surface area contributed by atoms with Gasteiger partial charge in [-0.2, -0.15) is 18.2 Å². The van der Waals surface area contributed by atoms with Crippen LogP contribution in [-0.4, -0.2) is 62.5 Å². The molecule has 192 valence electrons. The number of likely N-dealkylation sites (tertiary alicyclic amines) is 1. The number of ether oxygens (including phenoxy) is 1.